The topological polar surface area (TPSA) is 90.5 Å². The van der Waals surface area contributed by atoms with Gasteiger partial charge in [0.1, 0.15) is 5.82 Å². The van der Waals surface area contributed by atoms with Crippen LogP contribution in [0.15, 0.2) is 35.1 Å². The lowest BCUT2D eigenvalue weighted by Crippen LogP contribution is -2.30. The highest BCUT2D eigenvalue weighted by molar-refractivity contribution is 5.84. The zero-order chi connectivity index (χ0) is 21.6. The molecule has 8 nitrogen and oxygen atoms in total. The van der Waals surface area contributed by atoms with Crippen LogP contribution in [0.4, 0.5) is 10.1 Å². The molecule has 0 aliphatic carbocycles. The molecule has 1 aliphatic rings. The number of nitrogens with zero attached hydrogens (tertiary/aromatic N) is 4. The summed E-state index contributed by atoms with van der Waals surface area (Å²) >= 11 is 0. The molecule has 0 saturated carbocycles. The van der Waals surface area contributed by atoms with E-state index in [-0.39, 0.29) is 22.9 Å². The second kappa shape index (κ2) is 7.49. The first-order valence-electron chi connectivity index (χ1n) is 9.57. The predicted molar refractivity (Wildman–Crippen MR) is 110 cm³/mol. The summed E-state index contributed by atoms with van der Waals surface area (Å²) < 4.78 is 20.8. The molecule has 3 aromatic rings. The van der Waals surface area contributed by atoms with Gasteiger partial charge in [0, 0.05) is 18.2 Å². The van der Waals surface area contributed by atoms with Gasteiger partial charge in [0.05, 0.1) is 34.7 Å². The Kier molecular flexibility index (Phi) is 4.98. The highest BCUT2D eigenvalue weighted by Crippen LogP contribution is 2.32. The monoisotopic (exact) mass is 412 g/mol. The van der Waals surface area contributed by atoms with E-state index in [4.69, 9.17) is 9.72 Å². The summed E-state index contributed by atoms with van der Waals surface area (Å²) in [6, 6.07) is 6.77. The minimum Gasteiger partial charge on any atom is -0.494 e. The van der Waals surface area contributed by atoms with Gasteiger partial charge in [-0.05, 0) is 51.1 Å². The molecule has 1 saturated heterocycles. The summed E-state index contributed by atoms with van der Waals surface area (Å²) in [5.74, 6) is -0.0523. The van der Waals surface area contributed by atoms with Gasteiger partial charge in [0.2, 0.25) is 0 Å². The van der Waals surface area contributed by atoms with Gasteiger partial charge in [-0.1, -0.05) is 0 Å². The minimum absolute atomic E-state index is 0.0616. The Morgan fingerprint density at radius 2 is 2.07 bits per heavy atom. The van der Waals surface area contributed by atoms with Gasteiger partial charge < -0.3 is 4.74 Å². The van der Waals surface area contributed by atoms with Crippen molar-refractivity contribution in [2.75, 3.05) is 20.7 Å². The van der Waals surface area contributed by atoms with Crippen molar-refractivity contribution in [2.45, 2.75) is 25.8 Å². The zero-order valence-electron chi connectivity index (χ0n) is 16.9. The van der Waals surface area contributed by atoms with Crippen molar-refractivity contribution in [1.82, 2.24) is 14.5 Å². The molecule has 156 valence electrons. The van der Waals surface area contributed by atoms with Crippen molar-refractivity contribution >= 4 is 16.6 Å². The van der Waals surface area contributed by atoms with Crippen LogP contribution in [0, 0.1) is 22.9 Å². The molecule has 1 atom stereocenters. The quantitative estimate of drug-likeness (QED) is 0.481. The number of nitro benzene ring substituents is 1. The molecule has 1 aromatic heterocycles. The Bertz CT molecular complexity index is 1220. The molecular weight excluding hydrogens is 391 g/mol. The number of aromatic nitrogens is 2. The Balaban J connectivity index is 2.07. The van der Waals surface area contributed by atoms with Crippen molar-refractivity contribution in [3.05, 3.63) is 68.0 Å². The molecule has 0 N–H and O–H groups in total. The Hall–Kier alpha value is -3.33. The fraction of sp³-hybridized carbons (Fsp3) is 0.333. The van der Waals surface area contributed by atoms with Crippen molar-refractivity contribution in [2.24, 2.45) is 0 Å². The number of hydrogen-bond donors (Lipinski definition) is 0. The van der Waals surface area contributed by atoms with Gasteiger partial charge in [-0.3, -0.25) is 24.4 Å². The zero-order valence-corrected chi connectivity index (χ0v) is 16.9. The fourth-order valence-electron chi connectivity index (χ4n) is 4.07. The Labute approximate surface area is 171 Å². The molecule has 1 aliphatic heterocycles. The first-order chi connectivity index (χ1) is 14.3. The third-order valence-corrected chi connectivity index (χ3v) is 5.60. The number of non-ortho nitro benzene ring substituents is 1. The van der Waals surface area contributed by atoms with Gasteiger partial charge in [-0.2, -0.15) is 0 Å². The van der Waals surface area contributed by atoms with Crippen LogP contribution in [0.5, 0.6) is 5.75 Å². The lowest BCUT2D eigenvalue weighted by atomic mass is 10.1. The molecule has 0 unspecified atom stereocenters. The van der Waals surface area contributed by atoms with Gasteiger partial charge in [0.25, 0.3) is 11.2 Å². The number of halogens is 1. The van der Waals surface area contributed by atoms with Crippen LogP contribution in [0.25, 0.3) is 16.6 Å². The molecular formula is C21H21FN4O4. The van der Waals surface area contributed by atoms with Crippen LogP contribution in [-0.2, 0) is 0 Å². The first-order valence-corrected chi connectivity index (χ1v) is 9.57. The van der Waals surface area contributed by atoms with Crippen LogP contribution in [0.3, 0.4) is 0 Å². The van der Waals surface area contributed by atoms with E-state index in [0.717, 1.165) is 19.4 Å². The number of methoxy groups -OCH3 is 1. The number of ether oxygens (including phenoxy) is 1. The lowest BCUT2D eigenvalue weighted by molar-refractivity contribution is -0.384. The molecule has 2 heterocycles. The van der Waals surface area contributed by atoms with Gasteiger partial charge >= 0.3 is 0 Å². The Morgan fingerprint density at radius 3 is 2.67 bits per heavy atom. The van der Waals surface area contributed by atoms with E-state index in [9.17, 15) is 19.3 Å². The number of nitro groups is 1. The van der Waals surface area contributed by atoms with Gasteiger partial charge in [-0.15, -0.1) is 0 Å². The average molecular weight is 412 g/mol. The second-order valence-electron chi connectivity index (χ2n) is 7.48. The number of benzene rings is 2. The molecule has 1 fully saturated rings. The van der Waals surface area contributed by atoms with Gasteiger partial charge in [-0.25, -0.2) is 9.37 Å². The van der Waals surface area contributed by atoms with Gasteiger partial charge in [0.15, 0.2) is 11.6 Å². The first kappa shape index (κ1) is 20.0. The molecule has 2 aromatic carbocycles. The van der Waals surface area contributed by atoms with Crippen molar-refractivity contribution in [3.8, 4) is 11.4 Å². The average Bonchev–Trinajstić information content (AvgIpc) is 3.13. The molecule has 0 radical (unpaired) electrons. The van der Waals surface area contributed by atoms with Crippen molar-refractivity contribution < 1.29 is 14.1 Å². The number of rotatable bonds is 4. The molecule has 9 heteroatoms. The third-order valence-electron chi connectivity index (χ3n) is 5.60. The number of likely N-dealkylation sites (tertiary alicyclic amines) is 1. The highest BCUT2D eigenvalue weighted by Gasteiger charge is 2.29. The van der Waals surface area contributed by atoms with Crippen LogP contribution in [-0.4, -0.2) is 40.1 Å². The summed E-state index contributed by atoms with van der Waals surface area (Å²) in [4.78, 5) is 31.2. The largest absolute Gasteiger partial charge is 0.494 e. The summed E-state index contributed by atoms with van der Waals surface area (Å²) in [6.07, 6.45) is 1.75. The van der Waals surface area contributed by atoms with E-state index >= 15 is 0 Å². The molecule has 0 amide bonds. The summed E-state index contributed by atoms with van der Waals surface area (Å²) in [7, 11) is 3.32. The fourth-order valence-corrected chi connectivity index (χ4v) is 4.07. The summed E-state index contributed by atoms with van der Waals surface area (Å²) in [6.45, 7) is 2.55. The predicted octanol–water partition coefficient (Wildman–Crippen LogP) is 3.52. The molecule has 0 bridgehead atoms. The van der Waals surface area contributed by atoms with Crippen LogP contribution in [0.2, 0.25) is 0 Å². The van der Waals surface area contributed by atoms with E-state index in [0.29, 0.717) is 22.6 Å². The van der Waals surface area contributed by atoms with Crippen molar-refractivity contribution in [3.63, 3.8) is 0 Å². The Morgan fingerprint density at radius 1 is 1.30 bits per heavy atom. The smallest absolute Gasteiger partial charge is 0.270 e. The SMILES string of the molecule is COc1ccc(-n2c([C@H]3CCCN3C)nc3c(C)cc([N+](=O)[O-])cc3c2=O)cc1F. The lowest BCUT2D eigenvalue weighted by Gasteiger charge is -2.23. The van der Waals surface area contributed by atoms with E-state index < -0.39 is 16.3 Å². The number of fused-ring (bicyclic) bond motifs is 1. The molecule has 4 rings (SSSR count). The van der Waals surface area contributed by atoms with Crippen LogP contribution in [0.1, 0.15) is 30.3 Å². The van der Waals surface area contributed by atoms with E-state index in [1.54, 1.807) is 13.0 Å². The summed E-state index contributed by atoms with van der Waals surface area (Å²) in [5, 5.41) is 11.4. The maximum atomic E-state index is 14.4. The van der Waals surface area contributed by atoms with E-state index in [2.05, 4.69) is 4.90 Å². The maximum Gasteiger partial charge on any atom is 0.270 e. The van der Waals surface area contributed by atoms with Crippen molar-refractivity contribution in [1.29, 1.82) is 0 Å². The van der Waals surface area contributed by atoms with Crippen LogP contribution >= 0.6 is 0 Å². The normalized spacial score (nSPS) is 16.9. The van der Waals surface area contributed by atoms with E-state index in [1.807, 2.05) is 7.05 Å². The number of hydrogen-bond acceptors (Lipinski definition) is 6. The molecule has 0 spiro atoms. The maximum absolute atomic E-state index is 14.4. The standard InChI is InChI=1S/C21H21FN4O4/c1-12-9-14(26(28)29)10-15-19(12)23-20(17-5-4-8-24(17)2)25(21(15)27)13-6-7-18(30-3)16(22)11-13/h6-7,9-11,17H,4-5,8H2,1-3H3/t17-/m1/s1. The summed E-state index contributed by atoms with van der Waals surface area (Å²) in [5.41, 5.74) is 0.619. The third kappa shape index (κ3) is 3.21. The molecule has 30 heavy (non-hydrogen) atoms. The highest BCUT2D eigenvalue weighted by atomic mass is 19.1. The second-order valence-corrected chi connectivity index (χ2v) is 7.48. The van der Waals surface area contributed by atoms with E-state index in [1.165, 1.54) is 35.9 Å². The minimum atomic E-state index is -0.608. The number of aryl methyl sites for hydroxylation is 1. The van der Waals surface area contributed by atoms with Crippen LogP contribution < -0.4 is 10.3 Å².